The maximum Gasteiger partial charge on any atom is 0.159 e. The molecule has 1 aliphatic heterocycles. The first-order valence-corrected chi connectivity index (χ1v) is 7.32. The monoisotopic (exact) mass is 278 g/mol. The summed E-state index contributed by atoms with van der Waals surface area (Å²) >= 11 is 5.61. The molecule has 0 N–H and O–H groups in total. The fourth-order valence-corrected chi connectivity index (χ4v) is 3.64. The highest BCUT2D eigenvalue weighted by Crippen LogP contribution is 2.23. The Morgan fingerprint density at radius 3 is 2.88 bits per heavy atom. The van der Waals surface area contributed by atoms with Gasteiger partial charge in [0.2, 0.25) is 0 Å². The topological polar surface area (TPSA) is 43.4 Å². The van der Waals surface area contributed by atoms with Crippen LogP contribution in [-0.2, 0) is 20.3 Å². The number of hydrogen-bond acceptors (Lipinski definition) is 3. The zero-order valence-corrected chi connectivity index (χ0v) is 10.6. The molecule has 0 bridgehead atoms. The minimum atomic E-state index is -3.38. The molecule has 1 fully saturated rings. The Hall–Kier alpha value is -0.650. The van der Waals surface area contributed by atoms with Crippen molar-refractivity contribution in [1.29, 1.82) is 0 Å². The number of halogens is 2. The Morgan fingerprint density at radius 2 is 2.24 bits per heavy atom. The summed E-state index contributed by atoms with van der Waals surface area (Å²) in [7, 11) is -3.38. The molecule has 0 radical (unpaired) electrons. The van der Waals surface area contributed by atoms with Crippen molar-refractivity contribution in [1.82, 2.24) is 0 Å². The van der Waals surface area contributed by atoms with Gasteiger partial charge in [-0.2, -0.15) is 0 Å². The van der Waals surface area contributed by atoms with Gasteiger partial charge in [-0.15, -0.1) is 0 Å². The number of hydrogen-bond donors (Lipinski definition) is 0. The first kappa shape index (κ1) is 12.8. The van der Waals surface area contributed by atoms with Gasteiger partial charge in [0.25, 0.3) is 0 Å². The molecule has 17 heavy (non-hydrogen) atoms. The second kappa shape index (κ2) is 4.92. The quantitative estimate of drug-likeness (QED) is 0.851. The van der Waals surface area contributed by atoms with Crippen molar-refractivity contribution in [3.05, 3.63) is 34.6 Å². The molecule has 6 heteroatoms. The number of rotatable bonds is 3. The average molecular weight is 279 g/mol. The third kappa shape index (κ3) is 2.78. The molecule has 94 valence electrons. The van der Waals surface area contributed by atoms with E-state index in [1.807, 2.05) is 0 Å². The summed E-state index contributed by atoms with van der Waals surface area (Å²) in [6, 6.07) is 4.38. The van der Waals surface area contributed by atoms with Gasteiger partial charge in [-0.25, -0.2) is 12.8 Å². The van der Waals surface area contributed by atoms with E-state index in [2.05, 4.69) is 0 Å². The van der Waals surface area contributed by atoms with Crippen LogP contribution in [0, 0.1) is 5.82 Å². The van der Waals surface area contributed by atoms with Crippen LogP contribution >= 0.6 is 11.6 Å². The minimum absolute atomic E-state index is 0.0552. The van der Waals surface area contributed by atoms with Crippen LogP contribution in [0.2, 0.25) is 5.02 Å². The summed E-state index contributed by atoms with van der Waals surface area (Å²) in [5.74, 6) is -0.982. The van der Waals surface area contributed by atoms with Crippen LogP contribution in [0.4, 0.5) is 4.39 Å². The molecule has 1 unspecified atom stereocenters. The Morgan fingerprint density at radius 1 is 1.47 bits per heavy atom. The summed E-state index contributed by atoms with van der Waals surface area (Å²) in [6.07, 6.45) is 0.477. The predicted octanol–water partition coefficient (Wildman–Crippen LogP) is 2.18. The van der Waals surface area contributed by atoms with Crippen molar-refractivity contribution in [3.63, 3.8) is 0 Å². The maximum atomic E-state index is 13.6. The summed E-state index contributed by atoms with van der Waals surface area (Å²) in [5, 5.41) is -0.582. The lowest BCUT2D eigenvalue weighted by Gasteiger charge is -2.10. The van der Waals surface area contributed by atoms with Gasteiger partial charge in [0.1, 0.15) is 5.82 Å². The summed E-state index contributed by atoms with van der Waals surface area (Å²) in [6.45, 7) is 0.645. The minimum Gasteiger partial charge on any atom is -0.380 e. The lowest BCUT2D eigenvalue weighted by molar-refractivity contribution is 0.198. The largest absolute Gasteiger partial charge is 0.380 e. The van der Waals surface area contributed by atoms with Crippen LogP contribution in [0.25, 0.3) is 0 Å². The summed E-state index contributed by atoms with van der Waals surface area (Å²) in [5.41, 5.74) is 0.115. The number of ether oxygens (including phenoxy) is 1. The highest BCUT2D eigenvalue weighted by atomic mass is 35.5. The number of sulfone groups is 1. The van der Waals surface area contributed by atoms with E-state index in [0.29, 0.717) is 13.0 Å². The molecule has 0 aromatic heterocycles. The highest BCUT2D eigenvalue weighted by molar-refractivity contribution is 7.91. The second-order valence-electron chi connectivity index (χ2n) is 4.01. The fraction of sp³-hybridized carbons (Fsp3) is 0.455. The van der Waals surface area contributed by atoms with Crippen LogP contribution in [0.15, 0.2) is 18.2 Å². The molecule has 1 heterocycles. The van der Waals surface area contributed by atoms with Gasteiger partial charge in [-0.1, -0.05) is 23.7 Å². The fourth-order valence-electron chi connectivity index (χ4n) is 1.79. The lowest BCUT2D eigenvalue weighted by atomic mass is 10.2. The Balaban J connectivity index is 2.23. The van der Waals surface area contributed by atoms with Crippen molar-refractivity contribution in [2.45, 2.75) is 17.4 Å². The molecule has 3 nitrogen and oxygen atoms in total. The molecule has 2 rings (SSSR count). The Kier molecular flexibility index (Phi) is 3.70. The van der Waals surface area contributed by atoms with Gasteiger partial charge in [-0.05, 0) is 12.5 Å². The van der Waals surface area contributed by atoms with E-state index in [-0.39, 0.29) is 22.9 Å². The zero-order chi connectivity index (χ0) is 12.5. The maximum absolute atomic E-state index is 13.6. The highest BCUT2D eigenvalue weighted by Gasteiger charge is 2.30. The van der Waals surface area contributed by atoms with Crippen molar-refractivity contribution in [2.75, 3.05) is 13.2 Å². The Bertz CT molecular complexity index is 509. The van der Waals surface area contributed by atoms with Crippen molar-refractivity contribution < 1.29 is 17.5 Å². The van der Waals surface area contributed by atoms with Gasteiger partial charge < -0.3 is 4.74 Å². The van der Waals surface area contributed by atoms with E-state index in [0.717, 1.165) is 0 Å². The third-order valence-corrected chi connectivity index (χ3v) is 5.18. The number of benzene rings is 1. The lowest BCUT2D eigenvalue weighted by Crippen LogP contribution is -2.23. The van der Waals surface area contributed by atoms with Gasteiger partial charge in [0.15, 0.2) is 9.84 Å². The van der Waals surface area contributed by atoms with Crippen LogP contribution in [-0.4, -0.2) is 26.9 Å². The molecule has 0 spiro atoms. The standard InChI is InChI=1S/C11H12ClFO3S/c12-10-3-1-2-8(11(10)13)7-17(14,15)9-4-5-16-6-9/h1-3,9H,4-7H2. The van der Waals surface area contributed by atoms with E-state index < -0.39 is 20.9 Å². The first-order valence-electron chi connectivity index (χ1n) is 5.23. The van der Waals surface area contributed by atoms with Gasteiger partial charge in [-0.3, -0.25) is 0 Å². The van der Waals surface area contributed by atoms with E-state index in [1.165, 1.54) is 12.1 Å². The SMILES string of the molecule is O=S(=O)(Cc1cccc(Cl)c1F)C1CCOC1. The van der Waals surface area contributed by atoms with Gasteiger partial charge in [0, 0.05) is 12.2 Å². The Labute approximate surface area is 104 Å². The predicted molar refractivity (Wildman–Crippen MR) is 63.3 cm³/mol. The smallest absolute Gasteiger partial charge is 0.159 e. The van der Waals surface area contributed by atoms with E-state index in [9.17, 15) is 12.8 Å². The second-order valence-corrected chi connectivity index (χ2v) is 6.69. The molecule has 0 amide bonds. The molecule has 1 atom stereocenters. The van der Waals surface area contributed by atoms with Crippen LogP contribution in [0.3, 0.4) is 0 Å². The van der Waals surface area contributed by atoms with Crippen molar-refractivity contribution >= 4 is 21.4 Å². The average Bonchev–Trinajstić information content (AvgIpc) is 2.78. The molecular formula is C11H12ClFO3S. The van der Waals surface area contributed by atoms with E-state index >= 15 is 0 Å². The van der Waals surface area contributed by atoms with E-state index in [4.69, 9.17) is 16.3 Å². The summed E-state index contributed by atoms with van der Waals surface area (Å²) < 4.78 is 42.6. The molecule has 0 aliphatic carbocycles. The molecular weight excluding hydrogens is 267 g/mol. The molecule has 0 saturated carbocycles. The van der Waals surface area contributed by atoms with Crippen LogP contribution in [0.1, 0.15) is 12.0 Å². The van der Waals surface area contributed by atoms with Crippen LogP contribution in [0.5, 0.6) is 0 Å². The summed E-state index contributed by atoms with van der Waals surface area (Å²) in [4.78, 5) is 0. The van der Waals surface area contributed by atoms with Gasteiger partial charge >= 0.3 is 0 Å². The zero-order valence-electron chi connectivity index (χ0n) is 9.03. The van der Waals surface area contributed by atoms with Crippen LogP contribution < -0.4 is 0 Å². The van der Waals surface area contributed by atoms with Crippen molar-refractivity contribution in [2.24, 2.45) is 0 Å². The molecule has 1 aromatic rings. The first-order chi connectivity index (χ1) is 8.00. The molecule has 1 saturated heterocycles. The third-order valence-electron chi connectivity index (χ3n) is 2.78. The molecule has 1 aliphatic rings. The molecule has 1 aromatic carbocycles. The van der Waals surface area contributed by atoms with Gasteiger partial charge in [0.05, 0.1) is 22.6 Å². The van der Waals surface area contributed by atoms with E-state index in [1.54, 1.807) is 6.07 Å². The van der Waals surface area contributed by atoms with Crippen molar-refractivity contribution in [3.8, 4) is 0 Å². The normalized spacial score (nSPS) is 20.7.